The third kappa shape index (κ3) is 3.04. The van der Waals surface area contributed by atoms with E-state index in [-0.39, 0.29) is 11.8 Å². The summed E-state index contributed by atoms with van der Waals surface area (Å²) in [5.41, 5.74) is 3.71. The van der Waals surface area contributed by atoms with Crippen molar-refractivity contribution in [3.05, 3.63) is 76.9 Å². The average molecular weight is 359 g/mol. The minimum absolute atomic E-state index is 0.196. The molecule has 0 bridgehead atoms. The van der Waals surface area contributed by atoms with E-state index in [2.05, 4.69) is 29.2 Å². The number of para-hydroxylation sites is 3. The summed E-state index contributed by atoms with van der Waals surface area (Å²) in [7, 11) is 0. The van der Waals surface area contributed by atoms with E-state index in [1.54, 1.807) is 0 Å². The highest BCUT2D eigenvalue weighted by Crippen LogP contribution is 2.26. The van der Waals surface area contributed by atoms with Crippen LogP contribution in [0.25, 0.3) is 22.0 Å². The van der Waals surface area contributed by atoms with Gasteiger partial charge in [-0.25, -0.2) is 4.79 Å². The van der Waals surface area contributed by atoms with Crippen molar-refractivity contribution >= 4 is 22.0 Å². The molecule has 1 saturated heterocycles. The highest BCUT2D eigenvalue weighted by atomic mass is 16.4. The quantitative estimate of drug-likeness (QED) is 0.555. The minimum Gasteiger partial charge on any atom is -0.408 e. The number of rotatable bonds is 3. The Bertz CT molecular complexity index is 1150. The van der Waals surface area contributed by atoms with Gasteiger partial charge in [-0.2, -0.15) is 0 Å². The summed E-state index contributed by atoms with van der Waals surface area (Å²) in [6, 6.07) is 20.3. The van der Waals surface area contributed by atoms with Crippen LogP contribution < -0.4 is 5.76 Å². The summed E-state index contributed by atoms with van der Waals surface area (Å²) in [5, 5.41) is 1.17. The summed E-state index contributed by atoms with van der Waals surface area (Å²) in [6.45, 7) is 2.74. The minimum atomic E-state index is -0.245. The van der Waals surface area contributed by atoms with Gasteiger partial charge in [0, 0.05) is 31.1 Å². The lowest BCUT2D eigenvalue weighted by Crippen LogP contribution is -2.36. The fourth-order valence-corrected chi connectivity index (χ4v) is 4.09. The summed E-state index contributed by atoms with van der Waals surface area (Å²) in [5.74, 6) is -0.245. The lowest BCUT2D eigenvalue weighted by molar-refractivity contribution is 0.176. The van der Waals surface area contributed by atoms with E-state index in [0.29, 0.717) is 5.58 Å². The lowest BCUT2D eigenvalue weighted by Gasteiger charge is -2.32. The summed E-state index contributed by atoms with van der Waals surface area (Å²) >= 11 is 0. The Labute approximate surface area is 156 Å². The predicted octanol–water partition coefficient (Wildman–Crippen LogP) is 3.98. The van der Waals surface area contributed by atoms with Crippen molar-refractivity contribution in [1.82, 2.24) is 14.5 Å². The van der Waals surface area contributed by atoms with Gasteiger partial charge in [0.2, 0.25) is 0 Å². The van der Waals surface area contributed by atoms with Crippen LogP contribution in [0.15, 0.2) is 69.9 Å². The first-order valence-electron chi connectivity index (χ1n) is 9.45. The Morgan fingerprint density at radius 3 is 2.63 bits per heavy atom. The molecule has 2 aromatic heterocycles. The molecule has 0 amide bonds. The fraction of sp³-hybridized carbons (Fsp3) is 0.273. The van der Waals surface area contributed by atoms with Crippen LogP contribution in [-0.2, 0) is 6.54 Å². The standard InChI is InChI=1S/C22H21N3O2/c26-22-25(20-7-3-4-8-21(20)27-22)18-11-13-24(14-12-18)15-17-10-9-16-5-1-2-6-19(16)23-17/h1-10,18H,11-15H2. The van der Waals surface area contributed by atoms with Crippen LogP contribution in [-0.4, -0.2) is 27.5 Å². The zero-order valence-corrected chi connectivity index (χ0v) is 15.0. The normalized spacial score (nSPS) is 16.3. The molecule has 5 rings (SSSR count). The molecule has 0 spiro atoms. The lowest BCUT2D eigenvalue weighted by atomic mass is 10.0. The van der Waals surface area contributed by atoms with Gasteiger partial charge in [-0.05, 0) is 37.1 Å². The second-order valence-corrected chi connectivity index (χ2v) is 7.21. The number of pyridine rings is 1. The molecule has 0 aliphatic carbocycles. The SMILES string of the molecule is O=c1oc2ccccc2n1C1CCN(Cc2ccc3ccccc3n2)CC1. The molecule has 0 radical (unpaired) electrons. The molecule has 3 heterocycles. The molecule has 1 aliphatic heterocycles. The van der Waals surface area contributed by atoms with Crippen LogP contribution in [0.1, 0.15) is 24.6 Å². The molecule has 4 aromatic rings. The number of hydrogen-bond donors (Lipinski definition) is 0. The summed E-state index contributed by atoms with van der Waals surface area (Å²) in [4.78, 5) is 19.5. The predicted molar refractivity (Wildman–Crippen MR) is 106 cm³/mol. The molecule has 5 heteroatoms. The Kier molecular flexibility index (Phi) is 4.02. The van der Waals surface area contributed by atoms with E-state index in [1.807, 2.05) is 41.0 Å². The van der Waals surface area contributed by atoms with Gasteiger partial charge in [-0.3, -0.25) is 14.5 Å². The highest BCUT2D eigenvalue weighted by Gasteiger charge is 2.24. The van der Waals surface area contributed by atoms with Crippen LogP contribution >= 0.6 is 0 Å². The first kappa shape index (κ1) is 16.3. The number of likely N-dealkylation sites (tertiary alicyclic amines) is 1. The van der Waals surface area contributed by atoms with Gasteiger partial charge in [-0.15, -0.1) is 0 Å². The van der Waals surface area contributed by atoms with Gasteiger partial charge < -0.3 is 4.42 Å². The van der Waals surface area contributed by atoms with Crippen molar-refractivity contribution < 1.29 is 4.42 Å². The first-order valence-corrected chi connectivity index (χ1v) is 9.45. The Balaban J connectivity index is 1.31. The van der Waals surface area contributed by atoms with Gasteiger partial charge in [0.05, 0.1) is 16.7 Å². The van der Waals surface area contributed by atoms with Crippen molar-refractivity contribution in [2.24, 2.45) is 0 Å². The number of hydrogen-bond acceptors (Lipinski definition) is 4. The van der Waals surface area contributed by atoms with Gasteiger partial charge in [-0.1, -0.05) is 36.4 Å². The molecule has 0 atom stereocenters. The van der Waals surface area contributed by atoms with Gasteiger partial charge in [0.25, 0.3) is 0 Å². The topological polar surface area (TPSA) is 51.3 Å². The van der Waals surface area contributed by atoms with E-state index in [9.17, 15) is 4.79 Å². The largest absolute Gasteiger partial charge is 0.420 e. The van der Waals surface area contributed by atoms with Crippen LogP contribution in [0.2, 0.25) is 0 Å². The van der Waals surface area contributed by atoms with E-state index in [0.717, 1.165) is 49.2 Å². The maximum Gasteiger partial charge on any atom is 0.420 e. The fourth-order valence-electron chi connectivity index (χ4n) is 4.09. The molecule has 27 heavy (non-hydrogen) atoms. The molecule has 136 valence electrons. The highest BCUT2D eigenvalue weighted by molar-refractivity contribution is 5.78. The van der Waals surface area contributed by atoms with Crippen molar-refractivity contribution in [1.29, 1.82) is 0 Å². The second kappa shape index (κ2) is 6.67. The smallest absolute Gasteiger partial charge is 0.408 e. The van der Waals surface area contributed by atoms with Gasteiger partial charge in [0.15, 0.2) is 5.58 Å². The van der Waals surface area contributed by atoms with E-state index < -0.39 is 0 Å². The third-order valence-corrected chi connectivity index (χ3v) is 5.48. The molecular weight excluding hydrogens is 338 g/mol. The zero-order chi connectivity index (χ0) is 18.2. The van der Waals surface area contributed by atoms with Crippen molar-refractivity contribution in [3.8, 4) is 0 Å². The molecule has 0 saturated carbocycles. The van der Waals surface area contributed by atoms with Gasteiger partial charge >= 0.3 is 5.76 Å². The Morgan fingerprint density at radius 1 is 0.963 bits per heavy atom. The van der Waals surface area contributed by atoms with E-state index >= 15 is 0 Å². The second-order valence-electron chi connectivity index (χ2n) is 7.21. The summed E-state index contributed by atoms with van der Waals surface area (Å²) < 4.78 is 7.23. The Hall–Kier alpha value is -2.92. The molecule has 2 aromatic carbocycles. The maximum absolute atomic E-state index is 12.3. The molecule has 5 nitrogen and oxygen atoms in total. The average Bonchev–Trinajstić information content (AvgIpc) is 3.04. The monoisotopic (exact) mass is 359 g/mol. The number of benzene rings is 2. The number of oxazole rings is 1. The van der Waals surface area contributed by atoms with E-state index in [4.69, 9.17) is 9.40 Å². The van der Waals surface area contributed by atoms with E-state index in [1.165, 1.54) is 5.39 Å². The third-order valence-electron chi connectivity index (χ3n) is 5.48. The summed E-state index contributed by atoms with van der Waals surface area (Å²) in [6.07, 6.45) is 1.88. The number of nitrogens with zero attached hydrogens (tertiary/aromatic N) is 3. The molecule has 1 fully saturated rings. The van der Waals surface area contributed by atoms with Crippen LogP contribution in [0, 0.1) is 0 Å². The number of aromatic nitrogens is 2. The van der Waals surface area contributed by atoms with Crippen LogP contribution in [0.4, 0.5) is 0 Å². The van der Waals surface area contributed by atoms with Crippen LogP contribution in [0.5, 0.6) is 0 Å². The molecule has 0 N–H and O–H groups in total. The number of piperidine rings is 1. The first-order chi connectivity index (χ1) is 13.3. The maximum atomic E-state index is 12.3. The Morgan fingerprint density at radius 2 is 1.74 bits per heavy atom. The van der Waals surface area contributed by atoms with Crippen LogP contribution in [0.3, 0.4) is 0 Å². The van der Waals surface area contributed by atoms with Crippen molar-refractivity contribution in [2.75, 3.05) is 13.1 Å². The van der Waals surface area contributed by atoms with Crippen molar-refractivity contribution in [2.45, 2.75) is 25.4 Å². The van der Waals surface area contributed by atoms with Gasteiger partial charge in [0.1, 0.15) is 0 Å². The number of fused-ring (bicyclic) bond motifs is 2. The zero-order valence-electron chi connectivity index (χ0n) is 15.0. The molecule has 1 aliphatic rings. The van der Waals surface area contributed by atoms with Crippen molar-refractivity contribution in [3.63, 3.8) is 0 Å². The molecular formula is C22H21N3O2. The molecule has 0 unspecified atom stereocenters.